The van der Waals surface area contributed by atoms with Gasteiger partial charge in [-0.25, -0.2) is 0 Å². The maximum absolute atomic E-state index is 12.4. The molecule has 0 aliphatic carbocycles. The molecule has 0 amide bonds. The topological polar surface area (TPSA) is 17.1 Å². The lowest BCUT2D eigenvalue weighted by molar-refractivity contribution is 0.0993. The van der Waals surface area contributed by atoms with Crippen molar-refractivity contribution in [3.63, 3.8) is 0 Å². The summed E-state index contributed by atoms with van der Waals surface area (Å²) in [6, 6.07) is 9.02. The molecule has 0 bridgehead atoms. The Morgan fingerprint density at radius 3 is 2.10 bits per heavy atom. The molecule has 0 atom stereocenters. The average molecular weight is 372 g/mol. The van der Waals surface area contributed by atoms with E-state index in [0.717, 1.165) is 15.6 Å². The first-order valence-electron chi connectivity index (χ1n) is 6.13. The van der Waals surface area contributed by atoms with Crippen LogP contribution in [-0.4, -0.2) is 5.78 Å². The molecule has 2 aromatic rings. The van der Waals surface area contributed by atoms with Crippen molar-refractivity contribution in [1.82, 2.24) is 0 Å². The van der Waals surface area contributed by atoms with E-state index in [1.807, 2.05) is 26.0 Å². The Morgan fingerprint density at radius 1 is 1.10 bits per heavy atom. The van der Waals surface area contributed by atoms with Gasteiger partial charge in [-0.05, 0) is 54.8 Å². The number of hydrogen-bond donors (Lipinski definition) is 0. The third-order valence-corrected chi connectivity index (χ3v) is 5.12. The predicted octanol–water partition coefficient (Wildman–Crippen LogP) is 5.80. The Bertz CT molecular complexity index is 637. The zero-order valence-corrected chi connectivity index (χ0v) is 14.2. The Kier molecular flexibility index (Phi) is 4.90. The number of Topliss-reactive ketones (excluding diaryl/α,β-unsaturated/α-hetero) is 1. The second kappa shape index (κ2) is 6.30. The molecule has 0 fully saturated rings. The minimum absolute atomic E-state index is 0.0127. The van der Waals surface area contributed by atoms with Gasteiger partial charge in [0.15, 0.2) is 5.78 Å². The summed E-state index contributed by atoms with van der Waals surface area (Å²) < 4.78 is 1.03. The lowest BCUT2D eigenvalue weighted by Crippen LogP contribution is -2.06. The Hall–Kier alpha value is -0.830. The molecule has 0 aromatic heterocycles. The van der Waals surface area contributed by atoms with Crippen molar-refractivity contribution in [1.29, 1.82) is 0 Å². The third-order valence-electron chi connectivity index (χ3n) is 3.16. The predicted molar refractivity (Wildman–Crippen MR) is 88.1 cm³/mol. The zero-order chi connectivity index (χ0) is 14.9. The molecule has 4 heteroatoms. The van der Waals surface area contributed by atoms with Gasteiger partial charge in [0, 0.05) is 26.5 Å². The molecule has 0 saturated heterocycles. The Balaban J connectivity index is 2.34. The van der Waals surface area contributed by atoms with Crippen molar-refractivity contribution < 1.29 is 4.79 Å². The molecule has 0 saturated carbocycles. The molecule has 0 unspecified atom stereocenters. The average Bonchev–Trinajstić information content (AvgIpc) is 2.39. The fraction of sp³-hybridized carbons (Fsp3) is 0.188. The molecule has 104 valence electrons. The third kappa shape index (κ3) is 3.25. The Morgan fingerprint density at radius 2 is 1.60 bits per heavy atom. The fourth-order valence-electron chi connectivity index (χ4n) is 2.07. The van der Waals surface area contributed by atoms with Crippen LogP contribution in [0.4, 0.5) is 0 Å². The molecule has 0 aliphatic rings. The maximum Gasteiger partial charge on any atom is 0.167 e. The molecule has 0 radical (unpaired) electrons. The molecule has 0 heterocycles. The van der Waals surface area contributed by atoms with Gasteiger partial charge in [0.25, 0.3) is 0 Å². The van der Waals surface area contributed by atoms with Crippen LogP contribution in [0.3, 0.4) is 0 Å². The summed E-state index contributed by atoms with van der Waals surface area (Å²) in [6.45, 7) is 3.94. The van der Waals surface area contributed by atoms with Crippen molar-refractivity contribution in [3.8, 4) is 0 Å². The summed E-state index contributed by atoms with van der Waals surface area (Å²) in [6.07, 6.45) is 0.207. The zero-order valence-electron chi connectivity index (χ0n) is 11.1. The van der Waals surface area contributed by atoms with Gasteiger partial charge in [0.2, 0.25) is 0 Å². The van der Waals surface area contributed by atoms with Gasteiger partial charge in [0.1, 0.15) is 0 Å². The number of ketones is 1. The van der Waals surface area contributed by atoms with Gasteiger partial charge in [-0.2, -0.15) is 0 Å². The molecule has 2 rings (SSSR count). The molecule has 1 nitrogen and oxygen atoms in total. The number of halogens is 3. The molecule has 20 heavy (non-hydrogen) atoms. The number of rotatable bonds is 3. The van der Waals surface area contributed by atoms with Crippen molar-refractivity contribution in [3.05, 3.63) is 67.1 Å². The van der Waals surface area contributed by atoms with Crippen LogP contribution in [0.1, 0.15) is 27.0 Å². The van der Waals surface area contributed by atoms with Crippen LogP contribution >= 0.6 is 39.1 Å². The van der Waals surface area contributed by atoms with Gasteiger partial charge >= 0.3 is 0 Å². The van der Waals surface area contributed by atoms with Crippen LogP contribution in [-0.2, 0) is 6.42 Å². The molecule has 2 aromatic carbocycles. The maximum atomic E-state index is 12.4. The minimum Gasteiger partial charge on any atom is -0.294 e. The van der Waals surface area contributed by atoms with Gasteiger partial charge in [-0.15, -0.1) is 0 Å². The van der Waals surface area contributed by atoms with Gasteiger partial charge < -0.3 is 0 Å². The van der Waals surface area contributed by atoms with Crippen LogP contribution < -0.4 is 0 Å². The quantitative estimate of drug-likeness (QED) is 0.623. The lowest BCUT2D eigenvalue weighted by atomic mass is 9.99. The highest BCUT2D eigenvalue weighted by molar-refractivity contribution is 9.10. The summed E-state index contributed by atoms with van der Waals surface area (Å²) in [5, 5.41) is 1.05. The summed E-state index contributed by atoms with van der Waals surface area (Å²) in [5.41, 5.74) is 3.44. The van der Waals surface area contributed by atoms with E-state index in [1.165, 1.54) is 0 Å². The monoisotopic (exact) mass is 370 g/mol. The van der Waals surface area contributed by atoms with E-state index < -0.39 is 0 Å². The van der Waals surface area contributed by atoms with E-state index in [9.17, 15) is 4.79 Å². The number of carbonyl (C=O) groups excluding carboxylic acids is 1. The highest BCUT2D eigenvalue weighted by Crippen LogP contribution is 2.27. The van der Waals surface area contributed by atoms with E-state index >= 15 is 0 Å². The lowest BCUT2D eigenvalue weighted by Gasteiger charge is -2.09. The number of carbonyl (C=O) groups is 1. The van der Waals surface area contributed by atoms with Crippen molar-refractivity contribution in [2.75, 3.05) is 0 Å². The molecular weight excluding hydrogens is 359 g/mol. The highest BCUT2D eigenvalue weighted by atomic mass is 79.9. The molecule has 0 spiro atoms. The van der Waals surface area contributed by atoms with Crippen molar-refractivity contribution in [2.24, 2.45) is 0 Å². The van der Waals surface area contributed by atoms with E-state index in [1.54, 1.807) is 18.2 Å². The summed E-state index contributed by atoms with van der Waals surface area (Å²) in [5.74, 6) is 0.0127. The second-order valence-corrected chi connectivity index (χ2v) is 6.33. The van der Waals surface area contributed by atoms with Gasteiger partial charge in [0.05, 0.1) is 0 Å². The van der Waals surface area contributed by atoms with E-state index in [2.05, 4.69) is 15.9 Å². The standard InChI is InChI=1S/C16H13BrCl2O/c1-9-6-11(7-10(2)16(9)17)15(20)8-12-13(18)4-3-5-14(12)19/h3-7H,8H2,1-2H3. The number of aryl methyl sites for hydroxylation is 2. The van der Waals surface area contributed by atoms with Crippen LogP contribution in [0.25, 0.3) is 0 Å². The number of hydrogen-bond acceptors (Lipinski definition) is 1. The van der Waals surface area contributed by atoms with Gasteiger partial charge in [-0.1, -0.05) is 45.2 Å². The van der Waals surface area contributed by atoms with Crippen molar-refractivity contribution >= 4 is 44.9 Å². The summed E-state index contributed by atoms with van der Waals surface area (Å²) in [4.78, 5) is 12.4. The van der Waals surface area contributed by atoms with E-state index in [0.29, 0.717) is 21.2 Å². The first-order valence-corrected chi connectivity index (χ1v) is 7.68. The molecule has 0 N–H and O–H groups in total. The first-order chi connectivity index (χ1) is 9.40. The van der Waals surface area contributed by atoms with Gasteiger partial charge in [-0.3, -0.25) is 4.79 Å². The molecular formula is C16H13BrCl2O. The van der Waals surface area contributed by atoms with Crippen LogP contribution in [0.2, 0.25) is 10.0 Å². The highest BCUT2D eigenvalue weighted by Gasteiger charge is 2.14. The normalized spacial score (nSPS) is 10.7. The second-order valence-electron chi connectivity index (χ2n) is 4.72. The minimum atomic E-state index is 0.0127. The number of benzene rings is 2. The van der Waals surface area contributed by atoms with E-state index in [-0.39, 0.29) is 12.2 Å². The van der Waals surface area contributed by atoms with Crippen LogP contribution in [0.15, 0.2) is 34.8 Å². The first kappa shape index (κ1) is 15.6. The molecule has 0 aliphatic heterocycles. The smallest absolute Gasteiger partial charge is 0.167 e. The summed E-state index contributed by atoms with van der Waals surface area (Å²) in [7, 11) is 0. The van der Waals surface area contributed by atoms with E-state index in [4.69, 9.17) is 23.2 Å². The van der Waals surface area contributed by atoms with Crippen LogP contribution in [0, 0.1) is 13.8 Å². The fourth-order valence-corrected chi connectivity index (χ4v) is 2.83. The SMILES string of the molecule is Cc1cc(C(=O)Cc2c(Cl)cccc2Cl)cc(C)c1Br. The Labute approximate surface area is 137 Å². The van der Waals surface area contributed by atoms with Crippen molar-refractivity contribution in [2.45, 2.75) is 20.3 Å². The van der Waals surface area contributed by atoms with Crippen LogP contribution in [0.5, 0.6) is 0 Å². The summed E-state index contributed by atoms with van der Waals surface area (Å²) >= 11 is 15.7. The largest absolute Gasteiger partial charge is 0.294 e.